The van der Waals surface area contributed by atoms with Crippen molar-refractivity contribution in [3.05, 3.63) is 102 Å². The van der Waals surface area contributed by atoms with Gasteiger partial charge in [-0.25, -0.2) is 0 Å². The van der Waals surface area contributed by atoms with Crippen LogP contribution in [-0.4, -0.2) is 11.9 Å². The summed E-state index contributed by atoms with van der Waals surface area (Å²) < 4.78 is 5.38. The molecule has 0 saturated heterocycles. The molecule has 3 aromatic carbocycles. The van der Waals surface area contributed by atoms with E-state index in [4.69, 9.17) is 4.74 Å². The molecule has 1 amide bonds. The van der Waals surface area contributed by atoms with Gasteiger partial charge in [0.15, 0.2) is 0 Å². The number of hydrogen-bond donors (Lipinski definition) is 1. The van der Waals surface area contributed by atoms with Gasteiger partial charge in [-0.1, -0.05) is 67.6 Å². The van der Waals surface area contributed by atoms with E-state index in [1.165, 1.54) is 0 Å². The SMILES string of the molecule is C[C@H](CC(=O)OCc1ccc(C(=O)Nc2ccccc2)cc1)c1ccccc1. The van der Waals surface area contributed by atoms with Crippen LogP contribution in [0.1, 0.15) is 40.7 Å². The van der Waals surface area contributed by atoms with Crippen LogP contribution in [0.4, 0.5) is 5.69 Å². The van der Waals surface area contributed by atoms with E-state index in [0.29, 0.717) is 12.0 Å². The normalized spacial score (nSPS) is 11.5. The number of rotatable bonds is 7. The molecule has 0 aliphatic heterocycles. The molecule has 1 atom stereocenters. The third kappa shape index (κ3) is 5.55. The number of carbonyl (C=O) groups is 2. The highest BCUT2D eigenvalue weighted by atomic mass is 16.5. The lowest BCUT2D eigenvalue weighted by molar-refractivity contribution is -0.145. The summed E-state index contributed by atoms with van der Waals surface area (Å²) in [5.74, 6) is -0.300. The van der Waals surface area contributed by atoms with Crippen molar-refractivity contribution in [2.45, 2.75) is 25.9 Å². The summed E-state index contributed by atoms with van der Waals surface area (Å²) in [5, 5.41) is 2.84. The standard InChI is InChI=1S/C24H23NO3/c1-18(20-8-4-2-5-9-20)16-23(26)28-17-19-12-14-21(15-13-19)24(27)25-22-10-6-3-7-11-22/h2-15,18H,16-17H2,1H3,(H,25,27)/t18-/m1/s1. The maximum atomic E-state index is 12.3. The van der Waals surface area contributed by atoms with Crippen LogP contribution in [0.2, 0.25) is 0 Å². The number of ether oxygens (including phenoxy) is 1. The van der Waals surface area contributed by atoms with Crippen LogP contribution in [0.15, 0.2) is 84.9 Å². The van der Waals surface area contributed by atoms with Crippen LogP contribution >= 0.6 is 0 Å². The summed E-state index contributed by atoms with van der Waals surface area (Å²) in [6, 6.07) is 26.3. The van der Waals surface area contributed by atoms with Crippen LogP contribution in [0.5, 0.6) is 0 Å². The van der Waals surface area contributed by atoms with Gasteiger partial charge in [0.1, 0.15) is 6.61 Å². The number of hydrogen-bond acceptors (Lipinski definition) is 3. The molecule has 0 unspecified atom stereocenters. The number of nitrogens with one attached hydrogen (secondary N) is 1. The van der Waals surface area contributed by atoms with Gasteiger partial charge in [-0.2, -0.15) is 0 Å². The van der Waals surface area contributed by atoms with Crippen LogP contribution in [0.25, 0.3) is 0 Å². The van der Waals surface area contributed by atoms with Gasteiger partial charge in [-0.3, -0.25) is 9.59 Å². The number of benzene rings is 3. The highest BCUT2D eigenvalue weighted by molar-refractivity contribution is 6.04. The molecule has 0 saturated carbocycles. The molecule has 0 heterocycles. The fraction of sp³-hybridized carbons (Fsp3) is 0.167. The quantitative estimate of drug-likeness (QED) is 0.581. The van der Waals surface area contributed by atoms with Crippen molar-refractivity contribution in [3.63, 3.8) is 0 Å². The summed E-state index contributed by atoms with van der Waals surface area (Å²) in [5.41, 5.74) is 3.26. The summed E-state index contributed by atoms with van der Waals surface area (Å²) >= 11 is 0. The molecule has 0 bridgehead atoms. The molecule has 142 valence electrons. The van der Waals surface area contributed by atoms with Crippen molar-refractivity contribution in [3.8, 4) is 0 Å². The Morgan fingerprint density at radius 3 is 2.11 bits per heavy atom. The van der Waals surface area contributed by atoms with Gasteiger partial charge in [0.25, 0.3) is 5.91 Å². The zero-order valence-electron chi connectivity index (χ0n) is 15.8. The average molecular weight is 373 g/mol. The van der Waals surface area contributed by atoms with Gasteiger partial charge in [0.2, 0.25) is 0 Å². The third-order valence-corrected chi connectivity index (χ3v) is 4.49. The van der Waals surface area contributed by atoms with Gasteiger partial charge >= 0.3 is 5.97 Å². The smallest absolute Gasteiger partial charge is 0.306 e. The lowest BCUT2D eigenvalue weighted by atomic mass is 9.98. The Morgan fingerprint density at radius 2 is 1.46 bits per heavy atom. The Kier molecular flexibility index (Phi) is 6.58. The maximum Gasteiger partial charge on any atom is 0.306 e. The molecule has 4 heteroatoms. The molecule has 0 aromatic heterocycles. The number of anilines is 1. The molecule has 0 fully saturated rings. The van der Waals surface area contributed by atoms with Crippen molar-refractivity contribution in [1.29, 1.82) is 0 Å². The number of amides is 1. The van der Waals surface area contributed by atoms with Crippen LogP contribution in [0.3, 0.4) is 0 Å². The van der Waals surface area contributed by atoms with Gasteiger partial charge in [-0.15, -0.1) is 0 Å². The van der Waals surface area contributed by atoms with Crippen molar-refractivity contribution in [2.75, 3.05) is 5.32 Å². The summed E-state index contributed by atoms with van der Waals surface area (Å²) in [4.78, 5) is 24.3. The molecule has 0 aliphatic carbocycles. The molecule has 28 heavy (non-hydrogen) atoms. The molecule has 3 aromatic rings. The van der Waals surface area contributed by atoms with E-state index in [-0.39, 0.29) is 24.4 Å². The fourth-order valence-electron chi connectivity index (χ4n) is 2.85. The van der Waals surface area contributed by atoms with E-state index in [1.807, 2.05) is 67.6 Å². The Bertz CT molecular complexity index is 906. The second kappa shape index (κ2) is 9.51. The zero-order chi connectivity index (χ0) is 19.8. The minimum Gasteiger partial charge on any atom is -0.461 e. The first-order chi connectivity index (χ1) is 13.6. The minimum atomic E-state index is -0.234. The van der Waals surface area contributed by atoms with E-state index >= 15 is 0 Å². The summed E-state index contributed by atoms with van der Waals surface area (Å²) in [6.45, 7) is 2.21. The predicted molar refractivity (Wildman–Crippen MR) is 110 cm³/mol. The Balaban J connectivity index is 1.49. The lowest BCUT2D eigenvalue weighted by Gasteiger charge is -2.11. The van der Waals surface area contributed by atoms with E-state index in [2.05, 4.69) is 5.32 Å². The molecule has 3 rings (SSSR count). The second-order valence-electron chi connectivity index (χ2n) is 6.69. The van der Waals surface area contributed by atoms with Gasteiger partial charge in [0, 0.05) is 11.3 Å². The zero-order valence-corrected chi connectivity index (χ0v) is 15.8. The summed E-state index contributed by atoms with van der Waals surface area (Å²) in [7, 11) is 0. The van der Waals surface area contributed by atoms with E-state index in [0.717, 1.165) is 16.8 Å². The van der Waals surface area contributed by atoms with Crippen molar-refractivity contribution in [1.82, 2.24) is 0 Å². The predicted octanol–water partition coefficient (Wildman–Crippen LogP) is 5.18. The van der Waals surface area contributed by atoms with E-state index in [9.17, 15) is 9.59 Å². The summed E-state index contributed by atoms with van der Waals surface area (Å²) in [6.07, 6.45) is 0.335. The molecule has 0 spiro atoms. The number of para-hydroxylation sites is 1. The maximum absolute atomic E-state index is 12.3. The van der Waals surface area contributed by atoms with Crippen LogP contribution < -0.4 is 5.32 Å². The first-order valence-corrected chi connectivity index (χ1v) is 9.28. The van der Waals surface area contributed by atoms with E-state index in [1.54, 1.807) is 24.3 Å². The number of esters is 1. The van der Waals surface area contributed by atoms with Crippen LogP contribution in [0, 0.1) is 0 Å². The topological polar surface area (TPSA) is 55.4 Å². The minimum absolute atomic E-state index is 0.109. The van der Waals surface area contributed by atoms with E-state index < -0.39 is 0 Å². The monoisotopic (exact) mass is 373 g/mol. The average Bonchev–Trinajstić information content (AvgIpc) is 2.74. The Labute approximate surface area is 165 Å². The lowest BCUT2D eigenvalue weighted by Crippen LogP contribution is -2.12. The van der Waals surface area contributed by atoms with Gasteiger partial charge in [0.05, 0.1) is 6.42 Å². The third-order valence-electron chi connectivity index (χ3n) is 4.49. The van der Waals surface area contributed by atoms with Crippen molar-refractivity contribution < 1.29 is 14.3 Å². The molecule has 1 N–H and O–H groups in total. The Hall–Kier alpha value is -3.40. The van der Waals surface area contributed by atoms with Gasteiger partial charge in [-0.05, 0) is 41.3 Å². The largest absolute Gasteiger partial charge is 0.461 e. The number of carbonyl (C=O) groups excluding carboxylic acids is 2. The molecule has 4 nitrogen and oxygen atoms in total. The molecule has 0 radical (unpaired) electrons. The van der Waals surface area contributed by atoms with Crippen molar-refractivity contribution >= 4 is 17.6 Å². The Morgan fingerprint density at radius 1 is 0.857 bits per heavy atom. The molecular weight excluding hydrogens is 350 g/mol. The highest BCUT2D eigenvalue weighted by Crippen LogP contribution is 2.19. The van der Waals surface area contributed by atoms with Gasteiger partial charge < -0.3 is 10.1 Å². The van der Waals surface area contributed by atoms with Crippen molar-refractivity contribution in [2.24, 2.45) is 0 Å². The first kappa shape index (κ1) is 19.4. The highest BCUT2D eigenvalue weighted by Gasteiger charge is 2.12. The first-order valence-electron chi connectivity index (χ1n) is 9.28. The molecule has 0 aliphatic rings. The second-order valence-corrected chi connectivity index (χ2v) is 6.69. The fourth-order valence-corrected chi connectivity index (χ4v) is 2.85. The molecular formula is C24H23NO3. The van der Waals surface area contributed by atoms with Crippen LogP contribution in [-0.2, 0) is 16.1 Å².